The number of nitrogens with zero attached hydrogens (tertiary/aromatic N) is 1. The summed E-state index contributed by atoms with van der Waals surface area (Å²) in [6.07, 6.45) is 0. The van der Waals surface area contributed by atoms with Gasteiger partial charge >= 0.3 is 0 Å². The summed E-state index contributed by atoms with van der Waals surface area (Å²) in [6.45, 7) is 1.38. The van der Waals surface area contributed by atoms with Crippen LogP contribution in [0.1, 0.15) is 6.92 Å². The van der Waals surface area contributed by atoms with Crippen LogP contribution < -0.4 is 10.1 Å². The van der Waals surface area contributed by atoms with Gasteiger partial charge in [-0.3, -0.25) is 4.79 Å². The number of ether oxygens (including phenoxy) is 1. The molecule has 0 aliphatic rings. The first-order valence-corrected chi connectivity index (χ1v) is 8.12. The van der Waals surface area contributed by atoms with Crippen LogP contribution in [0.4, 0.5) is 10.1 Å². The van der Waals surface area contributed by atoms with Crippen molar-refractivity contribution in [2.45, 2.75) is 6.92 Å². The fraction of sp³-hybridized carbons (Fsp3) is 0.111. The number of rotatable bonds is 4. The molecule has 0 aliphatic carbocycles. The highest BCUT2D eigenvalue weighted by atomic mass is 32.1. The zero-order chi connectivity index (χ0) is 17.1. The van der Waals surface area contributed by atoms with Crippen molar-refractivity contribution in [3.8, 4) is 27.6 Å². The van der Waals surface area contributed by atoms with Crippen LogP contribution in [0.3, 0.4) is 0 Å². The first kappa shape index (κ1) is 16.1. The lowest BCUT2D eigenvalue weighted by Gasteiger charge is -2.05. The molecule has 0 spiro atoms. The Morgan fingerprint density at radius 1 is 1.25 bits per heavy atom. The van der Waals surface area contributed by atoms with Gasteiger partial charge in [-0.15, -0.1) is 11.3 Å². The molecule has 0 saturated carbocycles. The van der Waals surface area contributed by atoms with Crippen molar-refractivity contribution < 1.29 is 13.9 Å². The smallest absolute Gasteiger partial charge is 0.221 e. The Morgan fingerprint density at radius 2 is 2.08 bits per heavy atom. The molecule has 0 radical (unpaired) electrons. The summed E-state index contributed by atoms with van der Waals surface area (Å²) >= 11 is 1.44. The predicted octanol–water partition coefficient (Wildman–Crippen LogP) is 4.58. The maximum absolute atomic E-state index is 14.3. The normalized spacial score (nSPS) is 10.5. The monoisotopic (exact) mass is 342 g/mol. The second-order valence-electron chi connectivity index (χ2n) is 5.15. The van der Waals surface area contributed by atoms with Crippen molar-refractivity contribution in [1.82, 2.24) is 4.98 Å². The van der Waals surface area contributed by atoms with Crippen LogP contribution in [0, 0.1) is 5.82 Å². The van der Waals surface area contributed by atoms with E-state index in [9.17, 15) is 9.18 Å². The van der Waals surface area contributed by atoms with Gasteiger partial charge in [-0.2, -0.15) is 0 Å². The molecule has 24 heavy (non-hydrogen) atoms. The van der Waals surface area contributed by atoms with Crippen LogP contribution in [0.25, 0.3) is 21.8 Å². The second kappa shape index (κ2) is 6.80. The van der Waals surface area contributed by atoms with E-state index in [1.807, 2.05) is 29.6 Å². The maximum Gasteiger partial charge on any atom is 0.221 e. The van der Waals surface area contributed by atoms with Gasteiger partial charge in [-0.1, -0.05) is 12.1 Å². The first-order valence-electron chi connectivity index (χ1n) is 7.24. The number of aromatic nitrogens is 1. The molecule has 1 aromatic heterocycles. The van der Waals surface area contributed by atoms with E-state index in [0.717, 1.165) is 16.3 Å². The molecular formula is C18H15FN2O2S. The van der Waals surface area contributed by atoms with Gasteiger partial charge in [0.1, 0.15) is 16.6 Å². The van der Waals surface area contributed by atoms with Gasteiger partial charge in [0.2, 0.25) is 5.91 Å². The standard InChI is InChI=1S/C18H15FN2O2S/c1-11(22)20-13-6-7-15(16(19)9-13)17-10-24-18(21-17)12-4-3-5-14(8-12)23-2/h3-10H,1-2H3,(H,20,22). The third-order valence-electron chi connectivity index (χ3n) is 3.39. The Bertz CT molecular complexity index is 892. The summed E-state index contributed by atoms with van der Waals surface area (Å²) < 4.78 is 19.5. The van der Waals surface area contributed by atoms with Crippen LogP contribution in [0.5, 0.6) is 5.75 Å². The van der Waals surface area contributed by atoms with Crippen molar-refractivity contribution in [2.24, 2.45) is 0 Å². The van der Waals surface area contributed by atoms with Gasteiger partial charge in [0.25, 0.3) is 0 Å². The number of anilines is 1. The van der Waals surface area contributed by atoms with Crippen LogP contribution >= 0.6 is 11.3 Å². The Labute approximate surface area is 142 Å². The van der Waals surface area contributed by atoms with E-state index in [1.165, 1.54) is 24.3 Å². The highest BCUT2D eigenvalue weighted by Gasteiger charge is 2.12. The highest BCUT2D eigenvalue weighted by molar-refractivity contribution is 7.13. The summed E-state index contributed by atoms with van der Waals surface area (Å²) in [7, 11) is 1.61. The largest absolute Gasteiger partial charge is 0.497 e. The fourth-order valence-corrected chi connectivity index (χ4v) is 3.11. The predicted molar refractivity (Wildman–Crippen MR) is 93.8 cm³/mol. The maximum atomic E-state index is 14.3. The first-order chi connectivity index (χ1) is 11.6. The van der Waals surface area contributed by atoms with Crippen molar-refractivity contribution >= 4 is 22.9 Å². The number of methoxy groups -OCH3 is 1. The molecule has 0 unspecified atom stereocenters. The molecule has 2 aromatic carbocycles. The average molecular weight is 342 g/mol. The summed E-state index contributed by atoms with van der Waals surface area (Å²) in [4.78, 5) is 15.6. The minimum Gasteiger partial charge on any atom is -0.497 e. The molecule has 1 heterocycles. The number of carbonyl (C=O) groups is 1. The molecule has 1 amide bonds. The van der Waals surface area contributed by atoms with Gasteiger partial charge in [0, 0.05) is 29.1 Å². The number of hydrogen-bond donors (Lipinski definition) is 1. The number of nitrogens with one attached hydrogen (secondary N) is 1. The van der Waals surface area contributed by atoms with Crippen LogP contribution in [0.2, 0.25) is 0 Å². The summed E-state index contributed by atoms with van der Waals surface area (Å²) in [5, 5.41) is 5.15. The minimum absolute atomic E-state index is 0.240. The van der Waals surface area contributed by atoms with Crippen LogP contribution in [-0.2, 0) is 4.79 Å². The number of benzene rings is 2. The number of amides is 1. The molecule has 4 nitrogen and oxygen atoms in total. The summed E-state index contributed by atoms with van der Waals surface area (Å²) in [5.74, 6) is 0.0787. The van der Waals surface area contributed by atoms with Gasteiger partial charge in [0.05, 0.1) is 12.8 Å². The molecule has 0 bridgehead atoms. The number of carbonyl (C=O) groups excluding carboxylic acids is 1. The molecule has 6 heteroatoms. The summed E-state index contributed by atoms with van der Waals surface area (Å²) in [6, 6.07) is 12.1. The van der Waals surface area contributed by atoms with Gasteiger partial charge in [0.15, 0.2) is 0 Å². The SMILES string of the molecule is COc1cccc(-c2nc(-c3ccc(NC(C)=O)cc3F)cs2)c1. The molecular weight excluding hydrogens is 327 g/mol. The molecule has 0 saturated heterocycles. The Hall–Kier alpha value is -2.73. The number of thiazole rings is 1. The van der Waals surface area contributed by atoms with E-state index in [0.29, 0.717) is 16.9 Å². The van der Waals surface area contributed by atoms with Crippen LogP contribution in [-0.4, -0.2) is 18.0 Å². The Kier molecular flexibility index (Phi) is 4.57. The summed E-state index contributed by atoms with van der Waals surface area (Å²) in [5.41, 5.74) is 2.30. The van der Waals surface area contributed by atoms with E-state index in [2.05, 4.69) is 10.3 Å². The Morgan fingerprint density at radius 3 is 2.79 bits per heavy atom. The topological polar surface area (TPSA) is 51.2 Å². The fourth-order valence-electron chi connectivity index (χ4n) is 2.29. The molecule has 0 aliphatic heterocycles. The second-order valence-corrected chi connectivity index (χ2v) is 6.00. The lowest BCUT2D eigenvalue weighted by atomic mass is 10.1. The number of hydrogen-bond acceptors (Lipinski definition) is 4. The lowest BCUT2D eigenvalue weighted by Crippen LogP contribution is -2.05. The van der Waals surface area contributed by atoms with E-state index in [1.54, 1.807) is 19.2 Å². The van der Waals surface area contributed by atoms with E-state index in [4.69, 9.17) is 4.74 Å². The van der Waals surface area contributed by atoms with E-state index < -0.39 is 5.82 Å². The van der Waals surface area contributed by atoms with Crippen molar-refractivity contribution in [3.05, 3.63) is 53.7 Å². The molecule has 3 rings (SSSR count). The Balaban J connectivity index is 1.91. The van der Waals surface area contributed by atoms with E-state index in [-0.39, 0.29) is 5.91 Å². The molecule has 3 aromatic rings. The third-order valence-corrected chi connectivity index (χ3v) is 4.28. The van der Waals surface area contributed by atoms with Crippen molar-refractivity contribution in [1.29, 1.82) is 0 Å². The number of halogens is 1. The molecule has 0 atom stereocenters. The lowest BCUT2D eigenvalue weighted by molar-refractivity contribution is -0.114. The zero-order valence-electron chi connectivity index (χ0n) is 13.2. The quantitative estimate of drug-likeness (QED) is 0.755. The van der Waals surface area contributed by atoms with Crippen molar-refractivity contribution in [3.63, 3.8) is 0 Å². The third kappa shape index (κ3) is 3.44. The minimum atomic E-state index is -0.427. The van der Waals surface area contributed by atoms with E-state index >= 15 is 0 Å². The molecule has 1 N–H and O–H groups in total. The zero-order valence-corrected chi connectivity index (χ0v) is 14.0. The average Bonchev–Trinajstić information content (AvgIpc) is 3.04. The molecule has 122 valence electrons. The molecule has 0 fully saturated rings. The highest BCUT2D eigenvalue weighted by Crippen LogP contribution is 2.32. The van der Waals surface area contributed by atoms with Crippen molar-refractivity contribution in [2.75, 3.05) is 12.4 Å². The van der Waals surface area contributed by atoms with Gasteiger partial charge in [-0.25, -0.2) is 9.37 Å². The van der Waals surface area contributed by atoms with Crippen LogP contribution in [0.15, 0.2) is 47.8 Å². The van der Waals surface area contributed by atoms with Gasteiger partial charge in [-0.05, 0) is 30.3 Å². The van der Waals surface area contributed by atoms with Gasteiger partial charge < -0.3 is 10.1 Å².